The predicted octanol–water partition coefficient (Wildman–Crippen LogP) is 2.39. The molecule has 0 spiro atoms. The lowest BCUT2D eigenvalue weighted by Gasteiger charge is -2.21. The van der Waals surface area contributed by atoms with Gasteiger partial charge in [-0.25, -0.2) is 12.6 Å². The maximum Gasteiger partial charge on any atom is 0.397 e. The number of Topliss-reactive ketones (excluding diaryl/α,β-unsaturated/α-hetero) is 1. The summed E-state index contributed by atoms with van der Waals surface area (Å²) >= 11 is 6.10. The minimum absolute atomic E-state index is 0.112. The third-order valence-electron chi connectivity index (χ3n) is 8.38. The van der Waals surface area contributed by atoms with Crippen molar-refractivity contribution in [2.24, 2.45) is 5.10 Å². The van der Waals surface area contributed by atoms with Crippen molar-refractivity contribution in [2.45, 2.75) is 19.6 Å². The quantitative estimate of drug-likeness (QED) is 0.0551. The molecular weight excluding hydrogens is 1000 g/mol. The number of nitrogens with one attached hydrogen (secondary N) is 3. The van der Waals surface area contributed by atoms with Crippen LogP contribution in [0.5, 0.6) is 0 Å². The zero-order chi connectivity index (χ0) is 47.4. The Kier molecular flexibility index (Phi) is 12.8. The normalized spacial score (nSPS) is 14.6. The first-order chi connectivity index (χ1) is 29.4. The van der Waals surface area contributed by atoms with E-state index < -0.39 is 149 Å². The first kappa shape index (κ1) is 47.8. The monoisotopic (exact) mass is 1020 g/mol. The van der Waals surface area contributed by atoms with E-state index >= 15 is 0 Å². The molecule has 0 saturated carbocycles. The molecule has 33 heteroatoms. The van der Waals surface area contributed by atoms with Crippen LogP contribution in [0.1, 0.15) is 15.9 Å². The van der Waals surface area contributed by atoms with Crippen molar-refractivity contribution in [3.05, 3.63) is 88.0 Å². The third kappa shape index (κ3) is 10.8. The van der Waals surface area contributed by atoms with Crippen molar-refractivity contribution in [3.8, 4) is 0 Å². The smallest absolute Gasteiger partial charge is 0.324 e. The molecule has 64 heavy (non-hydrogen) atoms. The van der Waals surface area contributed by atoms with Gasteiger partial charge in [0.1, 0.15) is 14.7 Å². The number of carbonyl (C=O) groups is 1. The Bertz CT molecular complexity index is 3570. The summed E-state index contributed by atoms with van der Waals surface area (Å²) in [4.78, 5) is 21.6. The van der Waals surface area contributed by atoms with Gasteiger partial charge in [0.15, 0.2) is 15.5 Å². The van der Waals surface area contributed by atoms with Gasteiger partial charge in [0, 0.05) is 16.5 Å². The molecule has 0 saturated heterocycles. The van der Waals surface area contributed by atoms with E-state index in [0.29, 0.717) is 18.2 Å². The van der Waals surface area contributed by atoms with Crippen molar-refractivity contribution in [1.29, 1.82) is 0 Å². The minimum atomic E-state index is -5.49. The number of ketones is 1. The molecule has 0 radical (unpaired) electrons. The van der Waals surface area contributed by atoms with Gasteiger partial charge in [0.2, 0.25) is 23.0 Å². The van der Waals surface area contributed by atoms with Crippen LogP contribution >= 0.6 is 11.6 Å². The highest BCUT2D eigenvalue weighted by atomic mass is 35.5. The zero-order valence-electron chi connectivity index (χ0n) is 30.9. The van der Waals surface area contributed by atoms with E-state index in [0.717, 1.165) is 42.5 Å². The molecule has 5 aromatic rings. The first-order valence-electron chi connectivity index (χ1n) is 16.6. The van der Waals surface area contributed by atoms with Crippen LogP contribution in [-0.2, 0) is 64.9 Å². The summed E-state index contributed by atoms with van der Waals surface area (Å²) in [6.45, 7) is -0.890. The highest BCUT2D eigenvalue weighted by molar-refractivity contribution is 7.91. The molecule has 6 rings (SSSR count). The van der Waals surface area contributed by atoms with Gasteiger partial charge in [0.25, 0.3) is 40.5 Å². The van der Waals surface area contributed by atoms with Crippen LogP contribution in [0, 0.1) is 0 Å². The number of allylic oxidation sites excluding steroid dienone is 1. The van der Waals surface area contributed by atoms with Gasteiger partial charge in [-0.2, -0.15) is 62.1 Å². The molecule has 0 amide bonds. The molecule has 1 heterocycles. The van der Waals surface area contributed by atoms with Gasteiger partial charge < -0.3 is 10.6 Å². The Morgan fingerprint density at radius 1 is 0.656 bits per heavy atom. The average Bonchev–Trinajstić information content (AvgIpc) is 3.14. The summed E-state index contributed by atoms with van der Waals surface area (Å²) in [5.74, 6) is -3.22. The summed E-state index contributed by atoms with van der Waals surface area (Å²) in [6.07, 6.45) is 0.549. The van der Waals surface area contributed by atoms with Gasteiger partial charge in [-0.1, -0.05) is 18.2 Å². The minimum Gasteiger partial charge on any atom is -0.324 e. The van der Waals surface area contributed by atoms with Gasteiger partial charge in [-0.05, 0) is 71.8 Å². The molecule has 0 fully saturated rings. The third-order valence-corrected chi connectivity index (χ3v) is 14.3. The molecule has 8 N–H and O–H groups in total. The van der Waals surface area contributed by atoms with E-state index in [9.17, 15) is 73.5 Å². The van der Waals surface area contributed by atoms with Gasteiger partial charge in [-0.15, -0.1) is 0 Å². The lowest BCUT2D eigenvalue weighted by atomic mass is 9.93. The fourth-order valence-electron chi connectivity index (χ4n) is 5.83. The Labute approximate surface area is 366 Å². The van der Waals surface area contributed by atoms with E-state index in [1.54, 1.807) is 0 Å². The summed E-state index contributed by atoms with van der Waals surface area (Å²) in [6, 6.07) is 10.7. The second-order valence-electron chi connectivity index (χ2n) is 12.6. The number of hydrogen-bond acceptors (Lipinski definition) is 21. The Morgan fingerprint density at radius 2 is 1.30 bits per heavy atom. The second-order valence-corrected chi connectivity index (χ2v) is 21.7. The molecule has 1 aliphatic rings. The van der Waals surface area contributed by atoms with Crippen LogP contribution in [0.15, 0.2) is 96.3 Å². The molecule has 0 atom stereocenters. The van der Waals surface area contributed by atoms with Gasteiger partial charge in [0.05, 0.1) is 39.1 Å². The number of nitrogens with zero attached hydrogens (tertiary/aromatic N) is 4. The standard InChI is InChI=1S/C31H24ClN7O19S6/c32-29-35-30(33-16-4-6-17(7-5-16)59(41,42)11-10-58-64(55,56)57)37-31(36-29)34-22-14-18(60(43,44)45)12-15-13-24(62(49,50)51)26(27(40)25(15)22)39-38-21-9-8-19-20(28(21)63(52,53)54)2-1-3-23(19)61(46,47)48/h1-9,12-14,38H,10-11H2,(H,43,44,45)(H,46,47,48)(H,49,50,51)(H,52,53,54)(H,55,56,57)(H2,33,34,35,36,37)/b39-26+. The maximum atomic E-state index is 14.2. The first-order valence-corrected chi connectivity index (χ1v) is 25.7. The van der Waals surface area contributed by atoms with E-state index in [1.165, 1.54) is 12.1 Å². The van der Waals surface area contributed by atoms with E-state index in [4.69, 9.17) is 16.2 Å². The molecule has 4 aromatic carbocycles. The number of rotatable bonds is 15. The van der Waals surface area contributed by atoms with Crippen LogP contribution < -0.4 is 16.1 Å². The predicted molar refractivity (Wildman–Crippen MR) is 222 cm³/mol. The zero-order valence-corrected chi connectivity index (χ0v) is 36.6. The Morgan fingerprint density at radius 3 is 1.88 bits per heavy atom. The molecule has 0 aliphatic heterocycles. The molecular formula is C31H24ClN7O19S6. The molecule has 340 valence electrons. The van der Waals surface area contributed by atoms with Crippen molar-refractivity contribution in [3.63, 3.8) is 0 Å². The van der Waals surface area contributed by atoms with Gasteiger partial charge in [-0.3, -0.25) is 33.0 Å². The number of sulfone groups is 1. The summed E-state index contributed by atoms with van der Waals surface area (Å²) < 4.78 is 198. The Balaban J connectivity index is 1.40. The van der Waals surface area contributed by atoms with Crippen molar-refractivity contribution < 1.29 is 82.2 Å². The van der Waals surface area contributed by atoms with Crippen LogP contribution in [0.4, 0.5) is 29.0 Å². The molecule has 0 unspecified atom stereocenters. The van der Waals surface area contributed by atoms with Crippen LogP contribution in [0.2, 0.25) is 5.28 Å². The fourth-order valence-corrected chi connectivity index (χ4v) is 10.2. The topological polar surface area (TPSA) is 419 Å². The maximum absolute atomic E-state index is 14.2. The average molecular weight is 1030 g/mol. The van der Waals surface area contributed by atoms with E-state index in [-0.39, 0.29) is 16.5 Å². The highest BCUT2D eigenvalue weighted by Gasteiger charge is 2.36. The number of halogens is 1. The number of anilines is 5. The molecule has 26 nitrogen and oxygen atoms in total. The summed E-state index contributed by atoms with van der Waals surface area (Å²) in [7, 11) is -30.0. The number of carbonyl (C=O) groups excluding carboxylic acids is 1. The highest BCUT2D eigenvalue weighted by Crippen LogP contribution is 2.37. The van der Waals surface area contributed by atoms with Crippen molar-refractivity contribution in [1.82, 2.24) is 15.0 Å². The molecule has 1 aliphatic carbocycles. The number of hydrogen-bond donors (Lipinski definition) is 8. The number of benzene rings is 4. The summed E-state index contributed by atoms with van der Waals surface area (Å²) in [5, 5.41) is 7.37. The number of hydrazone groups is 1. The SMILES string of the molecule is O=C1/C(=N/Nc2ccc3c(S(=O)(=O)O)cccc3c2S(=O)(=O)O)C(S(=O)(=O)O)=Cc2cc(S(=O)(=O)O)cc(Nc3nc(Cl)nc(Nc4ccc(S(=O)(=O)CCOS(=O)(=O)O)cc4)n3)c21. The number of aromatic nitrogens is 3. The van der Waals surface area contributed by atoms with E-state index in [2.05, 4.69) is 40.3 Å². The number of fused-ring (bicyclic) bond motifs is 2. The van der Waals surface area contributed by atoms with Crippen LogP contribution in [0.25, 0.3) is 16.8 Å². The molecule has 0 bridgehead atoms. The van der Waals surface area contributed by atoms with Crippen LogP contribution in [-0.4, -0.2) is 112 Å². The van der Waals surface area contributed by atoms with Crippen LogP contribution in [0.3, 0.4) is 0 Å². The largest absolute Gasteiger partial charge is 0.397 e. The van der Waals surface area contributed by atoms with E-state index in [1.807, 2.05) is 0 Å². The summed E-state index contributed by atoms with van der Waals surface area (Å²) in [5.41, 5.74) is -1.53. The fraction of sp³-hybridized carbons (Fsp3) is 0.0645. The molecule has 1 aromatic heterocycles. The van der Waals surface area contributed by atoms with Crippen molar-refractivity contribution >= 4 is 130 Å². The van der Waals surface area contributed by atoms with Gasteiger partial charge >= 0.3 is 10.4 Å². The Hall–Kier alpha value is -5.62. The van der Waals surface area contributed by atoms with Crippen molar-refractivity contribution in [2.75, 3.05) is 28.4 Å². The second kappa shape index (κ2) is 17.1. The lowest BCUT2D eigenvalue weighted by Crippen LogP contribution is -2.28. The lowest BCUT2D eigenvalue weighted by molar-refractivity contribution is 0.106.